The number of benzene rings is 6. The Labute approximate surface area is 263 Å². The van der Waals surface area contributed by atoms with E-state index in [1.807, 2.05) is 30.3 Å². The molecule has 0 bridgehead atoms. The van der Waals surface area contributed by atoms with Crippen LogP contribution in [0.3, 0.4) is 0 Å². The topological polar surface area (TPSA) is 93.0 Å². The first kappa shape index (κ1) is 31.1. The van der Waals surface area contributed by atoms with Crippen LogP contribution in [-0.4, -0.2) is 23.5 Å². The van der Waals surface area contributed by atoms with E-state index in [2.05, 4.69) is 157 Å². The number of hydrogen-bond donors (Lipinski definition) is 1. The van der Waals surface area contributed by atoms with Crippen molar-refractivity contribution in [3.8, 4) is 0 Å². The fourth-order valence-corrected chi connectivity index (χ4v) is 5.18. The standard InChI is InChI=1S/C37H30N3.H2O4S/c1-7-19-31(20-8-1)38-37(39(32-21-9-2-10-22-32)33-23-11-3-12-24-33)40(34-25-13-4-14-26-34,35-27-15-5-16-28-35)36-29-17-6-18-30-36;1-5(2,3)4/h1-30H;(H2,1,2,3,4)/q+1;/p-1. The first-order valence-corrected chi connectivity index (χ1v) is 15.5. The monoisotopic (exact) mass is 613 g/mol. The number of aliphatic imine (C=N–C) groups is 1. The molecule has 6 aromatic carbocycles. The number of para-hydroxylation sites is 6. The van der Waals surface area contributed by atoms with Crippen molar-refractivity contribution in [3.05, 3.63) is 182 Å². The predicted molar refractivity (Wildman–Crippen MR) is 181 cm³/mol. The zero-order valence-corrected chi connectivity index (χ0v) is 25.1. The van der Waals surface area contributed by atoms with Crippen LogP contribution >= 0.6 is 0 Å². The van der Waals surface area contributed by atoms with Gasteiger partial charge in [0.25, 0.3) is 0 Å². The number of anilines is 2. The highest BCUT2D eigenvalue weighted by atomic mass is 32.3. The molecule has 0 radical (unpaired) electrons. The minimum absolute atomic E-state index is 0.265. The number of guanidine groups is 1. The third-order valence-corrected chi connectivity index (χ3v) is 6.94. The predicted octanol–water partition coefficient (Wildman–Crippen LogP) is 9.19. The lowest BCUT2D eigenvalue weighted by atomic mass is 10.1. The fraction of sp³-hybridized carbons (Fsp3) is 0. The Morgan fingerprint density at radius 2 is 0.778 bits per heavy atom. The Kier molecular flexibility index (Phi) is 9.93. The van der Waals surface area contributed by atoms with Gasteiger partial charge in [0.1, 0.15) is 0 Å². The summed E-state index contributed by atoms with van der Waals surface area (Å²) in [7, 11) is -4.92. The van der Waals surface area contributed by atoms with Crippen molar-refractivity contribution in [2.24, 2.45) is 4.99 Å². The molecule has 0 saturated carbocycles. The molecule has 0 amide bonds. The average molecular weight is 614 g/mol. The maximum Gasteiger partial charge on any atom is 0.330 e. The van der Waals surface area contributed by atoms with Gasteiger partial charge in [0.15, 0.2) is 17.1 Å². The van der Waals surface area contributed by atoms with Gasteiger partial charge in [0.05, 0.1) is 17.1 Å². The molecule has 0 aromatic heterocycles. The van der Waals surface area contributed by atoms with Crippen molar-refractivity contribution in [2.75, 3.05) is 4.90 Å². The van der Waals surface area contributed by atoms with Crippen LogP contribution in [0.4, 0.5) is 34.1 Å². The number of hydrogen-bond acceptors (Lipinski definition) is 4. The molecule has 224 valence electrons. The maximum atomic E-state index is 8.63. The van der Waals surface area contributed by atoms with E-state index in [1.54, 1.807) is 0 Å². The SMILES string of the molecule is O=S(=O)([O-])O.c1ccc(N=C(N(c2ccccc2)c2ccccc2)[N+](c2ccccc2)(c2ccccc2)c2ccccc2)cc1. The van der Waals surface area contributed by atoms with Crippen LogP contribution in [0.5, 0.6) is 0 Å². The molecule has 0 aliphatic carbocycles. The molecule has 0 aliphatic rings. The Hall–Kier alpha value is -5.38. The number of nitrogens with zero attached hydrogens (tertiary/aromatic N) is 3. The lowest BCUT2D eigenvalue weighted by Gasteiger charge is -2.41. The molecule has 6 rings (SSSR count). The Morgan fingerprint density at radius 1 is 0.511 bits per heavy atom. The zero-order chi connectivity index (χ0) is 31.5. The van der Waals surface area contributed by atoms with Gasteiger partial charge in [0.2, 0.25) is 10.4 Å². The van der Waals surface area contributed by atoms with Crippen molar-refractivity contribution in [1.29, 1.82) is 0 Å². The van der Waals surface area contributed by atoms with E-state index >= 15 is 0 Å². The average Bonchev–Trinajstić information content (AvgIpc) is 3.07. The van der Waals surface area contributed by atoms with E-state index in [9.17, 15) is 0 Å². The van der Waals surface area contributed by atoms with Crippen LogP contribution in [0.1, 0.15) is 0 Å². The quantitative estimate of drug-likeness (QED) is 0.0665. The Bertz CT molecular complexity index is 1770. The number of rotatable bonds is 6. The van der Waals surface area contributed by atoms with Crippen LogP contribution in [0, 0.1) is 0 Å². The smallest absolute Gasteiger partial charge is 0.330 e. The molecular weight excluding hydrogens is 582 g/mol. The third-order valence-electron chi connectivity index (χ3n) is 6.94. The van der Waals surface area contributed by atoms with Crippen LogP contribution in [-0.2, 0) is 10.4 Å². The second kappa shape index (κ2) is 14.4. The van der Waals surface area contributed by atoms with Crippen LogP contribution in [0.2, 0.25) is 0 Å². The van der Waals surface area contributed by atoms with E-state index in [0.717, 1.165) is 40.1 Å². The summed E-state index contributed by atoms with van der Waals surface area (Å²) in [5, 5.41) is 0. The summed E-state index contributed by atoms with van der Waals surface area (Å²) in [6, 6.07) is 63.1. The highest BCUT2D eigenvalue weighted by Crippen LogP contribution is 2.47. The van der Waals surface area contributed by atoms with Crippen LogP contribution in [0.25, 0.3) is 0 Å². The molecule has 0 fully saturated rings. The van der Waals surface area contributed by atoms with Gasteiger partial charge in [-0.3, -0.25) is 4.55 Å². The van der Waals surface area contributed by atoms with E-state index in [0.29, 0.717) is 0 Å². The summed E-state index contributed by atoms with van der Waals surface area (Å²) in [6.45, 7) is 0. The van der Waals surface area contributed by atoms with Gasteiger partial charge >= 0.3 is 5.96 Å². The Balaban J connectivity index is 0.000000743. The van der Waals surface area contributed by atoms with Crippen LogP contribution < -0.4 is 9.38 Å². The van der Waals surface area contributed by atoms with E-state index < -0.39 is 10.4 Å². The van der Waals surface area contributed by atoms with Crippen molar-refractivity contribution in [1.82, 2.24) is 4.48 Å². The summed E-state index contributed by atoms with van der Waals surface area (Å²) in [6.07, 6.45) is 0. The minimum atomic E-state index is -4.92. The molecule has 1 N–H and O–H groups in total. The van der Waals surface area contributed by atoms with Crippen LogP contribution in [0.15, 0.2) is 187 Å². The molecule has 45 heavy (non-hydrogen) atoms. The maximum absolute atomic E-state index is 8.63. The molecule has 0 saturated heterocycles. The molecule has 0 atom stereocenters. The normalized spacial score (nSPS) is 11.6. The Morgan fingerprint density at radius 3 is 1.09 bits per heavy atom. The summed E-state index contributed by atoms with van der Waals surface area (Å²) in [5.41, 5.74) is 6.14. The van der Waals surface area contributed by atoms with Gasteiger partial charge < -0.3 is 4.55 Å². The van der Waals surface area contributed by atoms with E-state index in [-0.39, 0.29) is 4.48 Å². The second-order valence-corrected chi connectivity index (χ2v) is 10.7. The summed E-state index contributed by atoms with van der Waals surface area (Å²) >= 11 is 0. The minimum Gasteiger partial charge on any atom is -0.726 e. The molecular formula is C37H31N3O4S. The molecule has 8 heteroatoms. The lowest BCUT2D eigenvalue weighted by Crippen LogP contribution is -2.52. The van der Waals surface area contributed by atoms with Gasteiger partial charge in [-0.2, -0.15) is 9.48 Å². The molecule has 0 spiro atoms. The highest BCUT2D eigenvalue weighted by molar-refractivity contribution is 7.79. The molecule has 7 nitrogen and oxygen atoms in total. The summed E-state index contributed by atoms with van der Waals surface area (Å²) in [5.74, 6) is 0.826. The molecule has 0 unspecified atom stereocenters. The molecule has 0 heterocycles. The lowest BCUT2D eigenvalue weighted by molar-refractivity contribution is 0.366. The second-order valence-electron chi connectivity index (χ2n) is 9.86. The molecule has 0 aliphatic heterocycles. The van der Waals surface area contributed by atoms with E-state index in [4.69, 9.17) is 22.5 Å². The van der Waals surface area contributed by atoms with Crippen molar-refractivity contribution in [3.63, 3.8) is 0 Å². The largest absolute Gasteiger partial charge is 0.726 e. The van der Waals surface area contributed by atoms with Gasteiger partial charge in [-0.25, -0.2) is 13.3 Å². The van der Waals surface area contributed by atoms with Gasteiger partial charge in [0, 0.05) is 36.4 Å². The number of quaternary nitrogens is 1. The van der Waals surface area contributed by atoms with Gasteiger partial charge in [-0.15, -0.1) is 0 Å². The van der Waals surface area contributed by atoms with Crippen molar-refractivity contribution < 1.29 is 17.5 Å². The highest BCUT2D eigenvalue weighted by Gasteiger charge is 2.46. The first-order valence-electron chi connectivity index (χ1n) is 14.2. The van der Waals surface area contributed by atoms with E-state index in [1.165, 1.54) is 0 Å². The zero-order valence-electron chi connectivity index (χ0n) is 24.2. The molecule has 6 aromatic rings. The fourth-order valence-electron chi connectivity index (χ4n) is 5.18. The van der Waals surface area contributed by atoms with Crippen molar-refractivity contribution in [2.45, 2.75) is 0 Å². The summed E-state index contributed by atoms with van der Waals surface area (Å²) in [4.78, 5) is 7.81. The first-order chi connectivity index (χ1) is 21.9. The summed E-state index contributed by atoms with van der Waals surface area (Å²) < 4.78 is 33.1. The van der Waals surface area contributed by atoms with Gasteiger partial charge in [-0.1, -0.05) is 109 Å². The van der Waals surface area contributed by atoms with Crippen molar-refractivity contribution >= 4 is 50.5 Å². The van der Waals surface area contributed by atoms with Gasteiger partial charge in [-0.05, 0) is 36.4 Å². The third kappa shape index (κ3) is 7.59.